The van der Waals surface area contributed by atoms with Gasteiger partial charge in [-0.05, 0) is 30.7 Å². The Bertz CT molecular complexity index is 404. The summed E-state index contributed by atoms with van der Waals surface area (Å²) in [6.45, 7) is 2.60. The molecule has 0 aliphatic carbocycles. The van der Waals surface area contributed by atoms with Crippen LogP contribution < -0.4 is 5.32 Å². The van der Waals surface area contributed by atoms with E-state index in [1.807, 2.05) is 6.92 Å². The molecule has 0 saturated heterocycles. The highest BCUT2D eigenvalue weighted by Gasteiger charge is 2.00. The first-order chi connectivity index (χ1) is 7.63. The van der Waals surface area contributed by atoms with Crippen molar-refractivity contribution in [3.63, 3.8) is 0 Å². The summed E-state index contributed by atoms with van der Waals surface area (Å²) in [7, 11) is 0. The van der Waals surface area contributed by atoms with E-state index in [1.165, 1.54) is 18.2 Å². The molecule has 1 aromatic rings. The van der Waals surface area contributed by atoms with E-state index < -0.39 is 0 Å². The van der Waals surface area contributed by atoms with Gasteiger partial charge in [0.25, 0.3) is 0 Å². The van der Waals surface area contributed by atoms with E-state index in [1.54, 1.807) is 12.1 Å². The average molecular weight is 286 g/mol. The second kappa shape index (κ2) is 6.43. The Morgan fingerprint density at radius 2 is 2.31 bits per heavy atom. The molecule has 16 heavy (non-hydrogen) atoms. The smallest absolute Gasteiger partial charge is 0.244 e. The summed E-state index contributed by atoms with van der Waals surface area (Å²) in [5.74, 6) is -0.552. The monoisotopic (exact) mass is 285 g/mol. The van der Waals surface area contributed by atoms with Crippen molar-refractivity contribution in [1.29, 1.82) is 0 Å². The van der Waals surface area contributed by atoms with Gasteiger partial charge < -0.3 is 5.32 Å². The van der Waals surface area contributed by atoms with Gasteiger partial charge in [-0.15, -0.1) is 0 Å². The Morgan fingerprint density at radius 1 is 1.56 bits per heavy atom. The molecule has 1 amide bonds. The number of amides is 1. The fourth-order valence-electron chi connectivity index (χ4n) is 1.11. The first-order valence-corrected chi connectivity index (χ1v) is 5.83. The molecule has 0 heterocycles. The van der Waals surface area contributed by atoms with E-state index in [0.717, 1.165) is 10.9 Å². The van der Waals surface area contributed by atoms with E-state index in [4.69, 9.17) is 0 Å². The van der Waals surface area contributed by atoms with Crippen LogP contribution in [0.5, 0.6) is 0 Å². The van der Waals surface area contributed by atoms with Crippen LogP contribution in [0.2, 0.25) is 0 Å². The van der Waals surface area contributed by atoms with Gasteiger partial charge in [0.1, 0.15) is 5.82 Å². The number of nitrogens with one attached hydrogen (secondary N) is 1. The molecule has 1 aromatic carbocycles. The van der Waals surface area contributed by atoms with Gasteiger partial charge in [0, 0.05) is 22.7 Å². The minimum absolute atomic E-state index is 0.207. The molecule has 4 heteroatoms. The largest absolute Gasteiger partial charge is 0.353 e. The summed E-state index contributed by atoms with van der Waals surface area (Å²) in [5.41, 5.74) is 0.390. The first-order valence-electron chi connectivity index (χ1n) is 5.04. The molecule has 2 nitrogen and oxygen atoms in total. The fourth-order valence-corrected chi connectivity index (χ4v) is 1.49. The van der Waals surface area contributed by atoms with Crippen LogP contribution in [-0.2, 0) is 4.79 Å². The summed E-state index contributed by atoms with van der Waals surface area (Å²) < 4.78 is 14.0. The zero-order valence-electron chi connectivity index (χ0n) is 8.97. The van der Waals surface area contributed by atoms with Gasteiger partial charge in [-0.1, -0.05) is 22.9 Å². The lowest BCUT2D eigenvalue weighted by molar-refractivity contribution is -0.116. The highest BCUT2D eigenvalue weighted by molar-refractivity contribution is 9.10. The highest BCUT2D eigenvalue weighted by atomic mass is 79.9. The molecule has 1 N–H and O–H groups in total. The van der Waals surface area contributed by atoms with E-state index in [0.29, 0.717) is 12.1 Å². The van der Waals surface area contributed by atoms with Crippen LogP contribution in [0.25, 0.3) is 6.08 Å². The van der Waals surface area contributed by atoms with Gasteiger partial charge in [-0.2, -0.15) is 0 Å². The topological polar surface area (TPSA) is 29.1 Å². The van der Waals surface area contributed by atoms with E-state index in [-0.39, 0.29) is 11.7 Å². The molecular formula is C12H13BrFNO. The molecule has 1 rings (SSSR count). The molecule has 0 atom stereocenters. The predicted octanol–water partition coefficient (Wildman–Crippen LogP) is 3.13. The molecule has 0 aromatic heterocycles. The second-order valence-electron chi connectivity index (χ2n) is 3.29. The van der Waals surface area contributed by atoms with Crippen LogP contribution in [-0.4, -0.2) is 12.5 Å². The third kappa shape index (κ3) is 4.14. The van der Waals surface area contributed by atoms with Crippen molar-refractivity contribution in [2.45, 2.75) is 13.3 Å². The Kier molecular flexibility index (Phi) is 5.19. The summed E-state index contributed by atoms with van der Waals surface area (Å²) in [6.07, 6.45) is 3.68. The molecule has 0 aliphatic rings. The maximum absolute atomic E-state index is 13.3. The average Bonchev–Trinajstić information content (AvgIpc) is 2.27. The Hall–Kier alpha value is -1.16. The van der Waals surface area contributed by atoms with Gasteiger partial charge in [0.05, 0.1) is 0 Å². The van der Waals surface area contributed by atoms with E-state index >= 15 is 0 Å². The summed E-state index contributed by atoms with van der Waals surface area (Å²) in [4.78, 5) is 11.2. The van der Waals surface area contributed by atoms with Crippen molar-refractivity contribution in [2.24, 2.45) is 0 Å². The predicted molar refractivity (Wildman–Crippen MR) is 66.4 cm³/mol. The minimum Gasteiger partial charge on any atom is -0.353 e. The van der Waals surface area contributed by atoms with Crippen molar-refractivity contribution >= 4 is 27.9 Å². The Balaban J connectivity index is 2.68. The lowest BCUT2D eigenvalue weighted by Gasteiger charge is -1.99. The minimum atomic E-state index is -0.345. The summed E-state index contributed by atoms with van der Waals surface area (Å²) in [6, 6.07) is 4.59. The standard InChI is InChI=1S/C12H13BrFNO/c1-2-7-15-12(16)6-3-9-8-10(13)4-5-11(9)14/h3-6,8H,2,7H2,1H3,(H,15,16)/b6-3+. The highest BCUT2D eigenvalue weighted by Crippen LogP contribution is 2.16. The molecule has 0 unspecified atom stereocenters. The molecule has 0 aliphatic heterocycles. The molecule has 0 fully saturated rings. The number of halogens is 2. The SMILES string of the molecule is CCCNC(=O)/C=C/c1cc(Br)ccc1F. The van der Waals surface area contributed by atoms with Crippen molar-refractivity contribution in [1.82, 2.24) is 5.32 Å². The molecule has 0 bridgehead atoms. The maximum atomic E-state index is 13.3. The molecular weight excluding hydrogens is 273 g/mol. The number of hydrogen-bond donors (Lipinski definition) is 1. The van der Waals surface area contributed by atoms with Crippen molar-refractivity contribution in [2.75, 3.05) is 6.54 Å². The normalized spacial score (nSPS) is 10.7. The molecule has 0 radical (unpaired) electrons. The number of carbonyl (C=O) groups is 1. The second-order valence-corrected chi connectivity index (χ2v) is 4.21. The van der Waals surface area contributed by atoms with Gasteiger partial charge in [-0.3, -0.25) is 4.79 Å². The molecule has 0 saturated carbocycles. The zero-order chi connectivity index (χ0) is 12.0. The quantitative estimate of drug-likeness (QED) is 0.846. The third-order valence-corrected chi connectivity index (χ3v) is 2.41. The van der Waals surface area contributed by atoms with E-state index in [2.05, 4.69) is 21.2 Å². The number of rotatable bonds is 4. The van der Waals surface area contributed by atoms with Gasteiger partial charge in [-0.25, -0.2) is 4.39 Å². The van der Waals surface area contributed by atoms with Gasteiger partial charge >= 0.3 is 0 Å². The van der Waals surface area contributed by atoms with Gasteiger partial charge in [0.15, 0.2) is 0 Å². The Labute approximate surface area is 103 Å². The third-order valence-electron chi connectivity index (χ3n) is 1.92. The van der Waals surface area contributed by atoms with Crippen LogP contribution in [0.15, 0.2) is 28.7 Å². The molecule has 0 spiro atoms. The number of benzene rings is 1. The van der Waals surface area contributed by atoms with Crippen LogP contribution in [0.1, 0.15) is 18.9 Å². The summed E-state index contributed by atoms with van der Waals surface area (Å²) in [5, 5.41) is 2.68. The van der Waals surface area contributed by atoms with Crippen molar-refractivity contribution in [3.8, 4) is 0 Å². The van der Waals surface area contributed by atoms with Crippen LogP contribution >= 0.6 is 15.9 Å². The summed E-state index contributed by atoms with van der Waals surface area (Å²) >= 11 is 3.24. The van der Waals surface area contributed by atoms with Crippen molar-refractivity contribution in [3.05, 3.63) is 40.1 Å². The fraction of sp³-hybridized carbons (Fsp3) is 0.250. The number of carbonyl (C=O) groups excluding carboxylic acids is 1. The van der Waals surface area contributed by atoms with Crippen LogP contribution in [0.3, 0.4) is 0 Å². The van der Waals surface area contributed by atoms with Crippen LogP contribution in [0.4, 0.5) is 4.39 Å². The molecule has 86 valence electrons. The van der Waals surface area contributed by atoms with E-state index in [9.17, 15) is 9.18 Å². The zero-order valence-corrected chi connectivity index (χ0v) is 10.6. The maximum Gasteiger partial charge on any atom is 0.244 e. The lowest BCUT2D eigenvalue weighted by Crippen LogP contribution is -2.21. The van der Waals surface area contributed by atoms with Gasteiger partial charge in [0.2, 0.25) is 5.91 Å². The number of hydrogen-bond acceptors (Lipinski definition) is 1. The first kappa shape index (κ1) is 12.9. The van der Waals surface area contributed by atoms with Crippen molar-refractivity contribution < 1.29 is 9.18 Å². The van der Waals surface area contributed by atoms with Crippen LogP contribution in [0, 0.1) is 5.82 Å². The Morgan fingerprint density at radius 3 is 3.00 bits per heavy atom. The lowest BCUT2D eigenvalue weighted by atomic mass is 10.2.